The van der Waals surface area contributed by atoms with E-state index >= 15 is 4.57 Å². The van der Waals surface area contributed by atoms with Crippen LogP contribution >= 0.6 is 38.8 Å². The molecule has 85 heavy (non-hydrogen) atoms. The van der Waals surface area contributed by atoms with Gasteiger partial charge in [-0.15, -0.1) is 0 Å². The standard InChI is InChI=1S/C59H55Cl2N5O17P2/c1-37-34-66(58(70)64-55(37)67)54-33-49(50(78-54)35-76-59(39-12-8-5-9-13-39,40-14-22-44(74-2)23-15-40)41-16-24-45(75-3)25-17-41)83-85(73,81-47-28-20-43(61)21-29-47)77-36-51-48(82-84(71,72)80-46-26-18-42(60)19-27-46)32-53(79-51)65-31-30-52(63-57(65)69)62-56(68)38-10-6-4-7-11-38/h4-31,34,48-51,53-54H,32-33,35-36H2,1-3H3,(H,71,72)(H,64,67,70)(H,62,63,68,69)/t48-,49-,50+,51+,53+,54+,85?/m0/s1. The predicted octanol–water partition coefficient (Wildman–Crippen LogP) is 10.4. The van der Waals surface area contributed by atoms with Crippen LogP contribution in [0.5, 0.6) is 23.0 Å². The number of aryl methyl sites for hydroxylation is 1. The number of phosphoric acid groups is 2. The van der Waals surface area contributed by atoms with Crippen molar-refractivity contribution < 1.29 is 65.1 Å². The number of nitrogens with zero attached hydrogens (tertiary/aromatic N) is 3. The lowest BCUT2D eigenvalue weighted by Gasteiger charge is -2.37. The highest BCUT2D eigenvalue weighted by Gasteiger charge is 2.49. The van der Waals surface area contributed by atoms with Gasteiger partial charge in [0.15, 0.2) is 0 Å². The largest absolute Gasteiger partial charge is 0.530 e. The minimum Gasteiger partial charge on any atom is -0.497 e. The van der Waals surface area contributed by atoms with E-state index in [1.165, 1.54) is 78.5 Å². The molecule has 26 heteroatoms. The number of anilines is 1. The average Bonchev–Trinajstić information content (AvgIpc) is 2.36. The number of hydrogen-bond donors (Lipinski definition) is 3. The molecule has 10 rings (SSSR count). The minimum atomic E-state index is -5.07. The Morgan fingerprint density at radius 2 is 1.18 bits per heavy atom. The van der Waals surface area contributed by atoms with Gasteiger partial charge in [-0.25, -0.2) is 18.7 Å². The Kier molecular flexibility index (Phi) is 18.7. The molecule has 2 aliphatic heterocycles. The van der Waals surface area contributed by atoms with Crippen LogP contribution in [0.2, 0.25) is 10.0 Å². The molecule has 4 heterocycles. The van der Waals surface area contributed by atoms with Crippen LogP contribution in [-0.4, -0.2) is 81.8 Å². The molecule has 0 saturated carbocycles. The highest BCUT2D eigenvalue weighted by Crippen LogP contribution is 2.55. The number of phosphoric ester groups is 2. The van der Waals surface area contributed by atoms with Crippen molar-refractivity contribution in [1.82, 2.24) is 19.1 Å². The van der Waals surface area contributed by atoms with Gasteiger partial charge in [-0.2, -0.15) is 4.98 Å². The van der Waals surface area contributed by atoms with Crippen LogP contribution in [0.15, 0.2) is 191 Å². The number of halogens is 2. The number of nitrogens with one attached hydrogen (secondary N) is 2. The summed E-state index contributed by atoms with van der Waals surface area (Å²) in [6.45, 7) is 0.397. The third kappa shape index (κ3) is 14.4. The van der Waals surface area contributed by atoms with Crippen LogP contribution < -0.4 is 40.8 Å². The lowest BCUT2D eigenvalue weighted by atomic mass is 9.80. The lowest BCUT2D eigenvalue weighted by molar-refractivity contribution is -0.0949. The second-order valence-electron chi connectivity index (χ2n) is 19.4. The zero-order valence-electron chi connectivity index (χ0n) is 45.5. The van der Waals surface area contributed by atoms with Gasteiger partial charge < -0.3 is 38.0 Å². The summed E-state index contributed by atoms with van der Waals surface area (Å²) in [6, 6.07) is 44.9. The summed E-state index contributed by atoms with van der Waals surface area (Å²) >= 11 is 12.3. The number of carbonyl (C=O) groups is 1. The molecule has 2 unspecified atom stereocenters. The third-order valence-electron chi connectivity index (χ3n) is 13.9. The maximum Gasteiger partial charge on any atom is 0.530 e. The van der Waals surface area contributed by atoms with E-state index in [0.29, 0.717) is 43.8 Å². The maximum absolute atomic E-state index is 15.7. The first-order valence-corrected chi connectivity index (χ1v) is 30.0. The molecule has 442 valence electrons. The number of rotatable bonds is 23. The zero-order chi connectivity index (χ0) is 59.9. The fourth-order valence-corrected chi connectivity index (χ4v) is 12.3. The van der Waals surface area contributed by atoms with Crippen molar-refractivity contribution in [3.63, 3.8) is 0 Å². The van der Waals surface area contributed by atoms with Gasteiger partial charge >= 0.3 is 27.0 Å². The number of carbonyl (C=O) groups excluding carboxylic acids is 1. The van der Waals surface area contributed by atoms with Crippen molar-refractivity contribution in [1.29, 1.82) is 0 Å². The van der Waals surface area contributed by atoms with Crippen molar-refractivity contribution in [3.8, 4) is 23.0 Å². The van der Waals surface area contributed by atoms with E-state index in [1.807, 2.05) is 54.6 Å². The highest BCUT2D eigenvalue weighted by molar-refractivity contribution is 7.49. The Morgan fingerprint density at radius 3 is 1.74 bits per heavy atom. The summed E-state index contributed by atoms with van der Waals surface area (Å²) in [4.78, 5) is 70.5. The van der Waals surface area contributed by atoms with E-state index in [4.69, 9.17) is 69.5 Å². The second kappa shape index (κ2) is 26.3. The Bertz CT molecular complexity index is 3850. The van der Waals surface area contributed by atoms with E-state index in [9.17, 15) is 28.6 Å². The molecule has 0 aliphatic carbocycles. The fourth-order valence-electron chi connectivity index (χ4n) is 9.68. The fraction of sp³-hybridized carbons (Fsp3) is 0.237. The molecule has 2 aliphatic rings. The van der Waals surface area contributed by atoms with Gasteiger partial charge in [0, 0.05) is 46.4 Å². The molecule has 1 amide bonds. The summed E-state index contributed by atoms with van der Waals surface area (Å²) in [7, 11) is -7.03. The maximum atomic E-state index is 15.7. The lowest BCUT2D eigenvalue weighted by Crippen LogP contribution is -2.38. The Morgan fingerprint density at radius 1 is 0.671 bits per heavy atom. The van der Waals surface area contributed by atoms with Gasteiger partial charge in [-0.1, -0.05) is 96.0 Å². The molecule has 3 N–H and O–H groups in total. The van der Waals surface area contributed by atoms with Gasteiger partial charge in [-0.3, -0.25) is 42.2 Å². The third-order valence-corrected chi connectivity index (χ3v) is 16.8. The molecule has 2 fully saturated rings. The first-order valence-electron chi connectivity index (χ1n) is 26.3. The monoisotopic (exact) mass is 1240 g/mol. The number of ether oxygens (including phenoxy) is 5. The topological polar surface area (TPSA) is 266 Å². The molecule has 22 nitrogen and oxygen atoms in total. The van der Waals surface area contributed by atoms with Crippen LogP contribution in [0.3, 0.4) is 0 Å². The Balaban J connectivity index is 0.996. The van der Waals surface area contributed by atoms with E-state index in [1.54, 1.807) is 68.8 Å². The molecule has 8 atom stereocenters. The number of methoxy groups -OCH3 is 2. The molecule has 0 bridgehead atoms. The van der Waals surface area contributed by atoms with E-state index in [-0.39, 0.29) is 42.3 Å². The van der Waals surface area contributed by atoms with Crippen molar-refractivity contribution >= 4 is 50.6 Å². The molecule has 8 aromatic rings. The number of aromatic amines is 1. The van der Waals surface area contributed by atoms with Crippen molar-refractivity contribution in [2.24, 2.45) is 0 Å². The minimum absolute atomic E-state index is 0.0445. The molecule has 6 aromatic carbocycles. The zero-order valence-corrected chi connectivity index (χ0v) is 48.8. The van der Waals surface area contributed by atoms with Crippen molar-refractivity contribution in [2.45, 2.75) is 62.2 Å². The Labute approximate surface area is 495 Å². The number of hydrogen-bond acceptors (Lipinski definition) is 17. The predicted molar refractivity (Wildman–Crippen MR) is 312 cm³/mol. The number of aromatic nitrogens is 4. The summed E-state index contributed by atoms with van der Waals surface area (Å²) in [5, 5.41) is 3.21. The summed E-state index contributed by atoms with van der Waals surface area (Å²) < 4.78 is 93.2. The van der Waals surface area contributed by atoms with E-state index in [0.717, 1.165) is 4.57 Å². The van der Waals surface area contributed by atoms with Crippen LogP contribution in [-0.2, 0) is 42.5 Å². The summed E-state index contributed by atoms with van der Waals surface area (Å²) in [5.74, 6) is 0.425. The van der Waals surface area contributed by atoms with Gasteiger partial charge in [0.2, 0.25) is 0 Å². The quantitative estimate of drug-likeness (QED) is 0.0397. The highest BCUT2D eigenvalue weighted by atomic mass is 35.5. The molecule has 2 aromatic heterocycles. The van der Waals surface area contributed by atoms with Crippen LogP contribution in [0.4, 0.5) is 5.82 Å². The van der Waals surface area contributed by atoms with Crippen LogP contribution in [0.25, 0.3) is 0 Å². The molecule has 0 radical (unpaired) electrons. The van der Waals surface area contributed by atoms with Gasteiger partial charge in [-0.05, 0) is 115 Å². The van der Waals surface area contributed by atoms with Crippen molar-refractivity contribution in [3.05, 3.63) is 245 Å². The number of amides is 1. The normalized spacial score (nSPS) is 20.0. The van der Waals surface area contributed by atoms with Crippen LogP contribution in [0, 0.1) is 6.92 Å². The number of benzene rings is 6. The Hall–Kier alpha value is -7.69. The van der Waals surface area contributed by atoms with Gasteiger partial charge in [0.1, 0.15) is 71.3 Å². The smallest absolute Gasteiger partial charge is 0.497 e. The molecule has 0 spiro atoms. The van der Waals surface area contributed by atoms with Gasteiger partial charge in [0.25, 0.3) is 11.5 Å². The summed E-state index contributed by atoms with van der Waals surface area (Å²) in [6.07, 6.45) is -5.84. The SMILES string of the molecule is COc1ccc(C(OC[C@H]2O[C@@H](n3cc(C)c(=O)[nH]c3=O)C[C@@H]2OP(=O)(OC[C@H]2O[C@@H](n3ccc(NC(=O)c4ccccc4)nc3=O)C[C@@H]2OP(=O)(O)Oc2ccc(Cl)cc2)Oc2ccc(Cl)cc2)(c2ccccc2)c2ccc(OC)cc2)cc1. The second-order valence-corrected chi connectivity index (χ2v) is 23.2. The first-order chi connectivity index (χ1) is 40.9. The van der Waals surface area contributed by atoms with Gasteiger partial charge in [0.05, 0.1) is 27.4 Å². The molecule has 2 saturated heterocycles. The molecular weight excluding hydrogens is 1180 g/mol. The summed E-state index contributed by atoms with van der Waals surface area (Å²) in [5.41, 5.74) is -1.24. The number of H-pyrrole nitrogens is 1. The first kappa shape index (κ1) is 60.4. The van der Waals surface area contributed by atoms with Crippen molar-refractivity contribution in [2.75, 3.05) is 32.8 Å². The van der Waals surface area contributed by atoms with Crippen LogP contribution in [0.1, 0.15) is 57.9 Å². The van der Waals surface area contributed by atoms with E-state index in [2.05, 4.69) is 15.3 Å². The average molecular weight is 1240 g/mol. The van der Waals surface area contributed by atoms with E-state index < -0.39 is 87.6 Å². The molecular formula is C59H55Cl2N5O17P2.